The van der Waals surface area contributed by atoms with Crippen molar-refractivity contribution < 1.29 is 28.0 Å². The van der Waals surface area contributed by atoms with Gasteiger partial charge in [-0.05, 0) is 25.2 Å². The number of fused-ring (bicyclic) bond motifs is 1. The zero-order valence-electron chi connectivity index (χ0n) is 20.7. The van der Waals surface area contributed by atoms with E-state index in [2.05, 4.69) is 41.9 Å². The van der Waals surface area contributed by atoms with Crippen molar-refractivity contribution in [3.8, 4) is 0 Å². The molecule has 198 valence electrons. The maximum absolute atomic E-state index is 13.8. The molecule has 1 aromatic heterocycles. The highest BCUT2D eigenvalue weighted by atomic mass is 127. The van der Waals surface area contributed by atoms with Crippen molar-refractivity contribution in [3.05, 3.63) is 17.1 Å². The van der Waals surface area contributed by atoms with Crippen LogP contribution >= 0.6 is 45.9 Å². The Labute approximate surface area is 232 Å². The van der Waals surface area contributed by atoms with Gasteiger partial charge in [-0.1, -0.05) is 47.4 Å². The lowest BCUT2D eigenvalue weighted by Crippen LogP contribution is -2.75. The second kappa shape index (κ2) is 11.0. The van der Waals surface area contributed by atoms with Crippen LogP contribution in [0.2, 0.25) is 39.3 Å². The predicted octanol–water partition coefficient (Wildman–Crippen LogP) is 2.78. The van der Waals surface area contributed by atoms with Crippen molar-refractivity contribution >= 4 is 91.1 Å². The van der Waals surface area contributed by atoms with Gasteiger partial charge in [0, 0.05) is 21.7 Å². The predicted molar refractivity (Wildman–Crippen MR) is 150 cm³/mol. The van der Waals surface area contributed by atoms with Crippen LogP contribution in [0.5, 0.6) is 0 Å². The maximum Gasteiger partial charge on any atom is 0.341 e. The van der Waals surface area contributed by atoms with Crippen LogP contribution in [0, 0.1) is 0 Å². The summed E-state index contributed by atoms with van der Waals surface area (Å²) in [4.78, 5) is 50.6. The molecule has 3 rings (SSSR count). The van der Waals surface area contributed by atoms with E-state index in [9.17, 15) is 18.8 Å². The summed E-state index contributed by atoms with van der Waals surface area (Å²) >= 11 is 4.50. The highest BCUT2D eigenvalue weighted by Gasteiger charge is 2.59. The first kappa shape index (κ1) is 29.0. The Hall–Kier alpha value is -1.58. The van der Waals surface area contributed by atoms with Crippen molar-refractivity contribution in [1.29, 1.82) is 0 Å². The summed E-state index contributed by atoms with van der Waals surface area (Å²) in [6, 6.07) is -0.855. The Bertz CT molecular complexity index is 1120. The van der Waals surface area contributed by atoms with Crippen LogP contribution in [-0.4, -0.2) is 87.3 Å². The first-order valence-electron chi connectivity index (χ1n) is 10.9. The van der Waals surface area contributed by atoms with Crippen molar-refractivity contribution in [3.63, 3.8) is 0 Å². The van der Waals surface area contributed by atoms with Gasteiger partial charge in [0.15, 0.2) is 13.4 Å². The molecule has 1 saturated heterocycles. The van der Waals surface area contributed by atoms with E-state index in [1.165, 1.54) is 21.2 Å². The second-order valence-electron chi connectivity index (χ2n) is 9.92. The third-order valence-corrected chi connectivity index (χ3v) is 10.6. The summed E-state index contributed by atoms with van der Waals surface area (Å²) in [5.74, 6) is -1.14. The zero-order chi connectivity index (χ0) is 27.0. The van der Waals surface area contributed by atoms with Gasteiger partial charge in [-0.15, -0.1) is 11.8 Å². The molecule has 3 heterocycles. The van der Waals surface area contributed by atoms with Gasteiger partial charge in [0.05, 0.1) is 0 Å². The lowest BCUT2D eigenvalue weighted by molar-refractivity contribution is -0.154. The van der Waals surface area contributed by atoms with Crippen LogP contribution in [0.3, 0.4) is 0 Å². The number of nitrogens with zero attached hydrogens (tertiary/aromatic N) is 5. The normalized spacial score (nSPS) is 20.6. The van der Waals surface area contributed by atoms with E-state index < -0.39 is 46.7 Å². The van der Waals surface area contributed by atoms with Gasteiger partial charge in [0.25, 0.3) is 18.7 Å². The lowest BCUT2D eigenvalue weighted by atomic mass is 10.0. The molecule has 0 aromatic carbocycles. The Kier molecular flexibility index (Phi) is 8.89. The SMILES string of the molecule is C[Si](C)(C)OC(=O)C1=C(CI)CS[C@@H]2[C@H](N(C(=O)/C(=N\OCF)c3nsc(N)n3)[Si](C)(C)C)C(=O)N12. The number of hydrogen-bond acceptors (Lipinski definition) is 11. The van der Waals surface area contributed by atoms with Crippen molar-refractivity contribution in [1.82, 2.24) is 18.8 Å². The van der Waals surface area contributed by atoms with Crippen molar-refractivity contribution in [2.24, 2.45) is 5.16 Å². The molecule has 2 aliphatic rings. The summed E-state index contributed by atoms with van der Waals surface area (Å²) in [5, 5.41) is 3.24. The number of halogens is 2. The van der Waals surface area contributed by atoms with E-state index in [0.29, 0.717) is 10.2 Å². The van der Waals surface area contributed by atoms with Crippen molar-refractivity contribution in [2.75, 3.05) is 22.8 Å². The number of carbonyl (C=O) groups is 3. The number of aromatic nitrogens is 2. The van der Waals surface area contributed by atoms with Gasteiger partial charge in [0.2, 0.25) is 19.9 Å². The van der Waals surface area contributed by atoms with Gasteiger partial charge in [0.1, 0.15) is 17.1 Å². The number of thioether (sulfide) groups is 1. The number of alkyl halides is 2. The van der Waals surface area contributed by atoms with Crippen LogP contribution in [0.1, 0.15) is 5.82 Å². The van der Waals surface area contributed by atoms with E-state index in [-0.39, 0.29) is 28.3 Å². The lowest BCUT2D eigenvalue weighted by Gasteiger charge is -2.55. The second-order valence-corrected chi connectivity index (χ2v) is 21.8. The van der Waals surface area contributed by atoms with Gasteiger partial charge in [-0.3, -0.25) is 14.5 Å². The zero-order valence-corrected chi connectivity index (χ0v) is 26.5. The maximum atomic E-state index is 13.8. The molecule has 0 spiro atoms. The molecule has 0 saturated carbocycles. The molecule has 17 heteroatoms. The number of hydrogen-bond donors (Lipinski definition) is 1. The average molecular weight is 687 g/mol. The van der Waals surface area contributed by atoms with Crippen LogP contribution in [0.4, 0.5) is 9.52 Å². The molecule has 1 aromatic rings. The molecule has 11 nitrogen and oxygen atoms in total. The van der Waals surface area contributed by atoms with E-state index in [1.54, 1.807) is 0 Å². The number of nitrogen functional groups attached to an aromatic ring is 1. The van der Waals surface area contributed by atoms with E-state index >= 15 is 0 Å². The molecule has 0 radical (unpaired) electrons. The molecule has 2 aliphatic heterocycles. The van der Waals surface area contributed by atoms with E-state index in [4.69, 9.17) is 10.2 Å². The van der Waals surface area contributed by atoms with E-state index in [1.807, 2.05) is 39.3 Å². The molecule has 36 heavy (non-hydrogen) atoms. The Balaban J connectivity index is 2.00. The summed E-state index contributed by atoms with van der Waals surface area (Å²) < 4.78 is 24.6. The summed E-state index contributed by atoms with van der Waals surface area (Å²) in [5.41, 5.74) is 6.42. The fraction of sp³-hybridized carbons (Fsp3) is 0.579. The monoisotopic (exact) mass is 686 g/mol. The molecule has 0 unspecified atom stereocenters. The number of amides is 2. The molecular formula is C19H28FIN6O5S2Si2. The van der Waals surface area contributed by atoms with Crippen molar-refractivity contribution in [2.45, 2.75) is 50.7 Å². The number of oxime groups is 1. The van der Waals surface area contributed by atoms with Gasteiger partial charge >= 0.3 is 5.97 Å². The Morgan fingerprint density at radius 2 is 1.97 bits per heavy atom. The van der Waals surface area contributed by atoms with Crippen LogP contribution < -0.4 is 5.73 Å². The smallest absolute Gasteiger partial charge is 0.341 e. The topological polar surface area (TPSA) is 140 Å². The third kappa shape index (κ3) is 5.94. The fourth-order valence-electron chi connectivity index (χ4n) is 3.74. The van der Waals surface area contributed by atoms with Gasteiger partial charge < -0.3 is 19.6 Å². The molecule has 2 amide bonds. The Morgan fingerprint density at radius 1 is 1.31 bits per heavy atom. The number of anilines is 1. The summed E-state index contributed by atoms with van der Waals surface area (Å²) in [7, 11) is -4.78. The quantitative estimate of drug-likeness (QED) is 0.104. The molecule has 0 bridgehead atoms. The first-order chi connectivity index (χ1) is 16.7. The highest BCUT2D eigenvalue weighted by Crippen LogP contribution is 2.44. The van der Waals surface area contributed by atoms with Gasteiger partial charge in [-0.2, -0.15) is 9.36 Å². The molecule has 2 N–H and O–H groups in total. The largest absolute Gasteiger partial charge is 0.515 e. The molecule has 0 aliphatic carbocycles. The summed E-state index contributed by atoms with van der Waals surface area (Å²) in [6.07, 6.45) is 0. The van der Waals surface area contributed by atoms with Crippen LogP contribution in [0.25, 0.3) is 0 Å². The minimum Gasteiger partial charge on any atom is -0.515 e. The van der Waals surface area contributed by atoms with Crippen LogP contribution in [-0.2, 0) is 23.6 Å². The first-order valence-corrected chi connectivity index (χ1v) is 21.1. The number of nitrogens with two attached hydrogens (primary N) is 1. The number of rotatable bonds is 9. The highest BCUT2D eigenvalue weighted by molar-refractivity contribution is 14.1. The summed E-state index contributed by atoms with van der Waals surface area (Å²) in [6.45, 7) is 10.1. The average Bonchev–Trinajstić information content (AvgIpc) is 3.20. The number of β-lactam (4-membered cyclic amide) rings is 1. The Morgan fingerprint density at radius 3 is 2.47 bits per heavy atom. The fourth-order valence-corrected chi connectivity index (χ4v) is 9.13. The standard InChI is InChI=1S/C19H28FIN6O5S2Si2/c1-35(2,3)27(15(28)11(24-31-9-20)14-23-19(22)34-25-14)13-16(29)26-12(18(30)32-36(4,5)6)10(7-21)8-33-17(13)26/h13,17H,7-9H2,1-6H3,(H2,22,23,25)/b24-11-/t13-,17-/m1/s1. The molecule has 2 atom stereocenters. The minimum absolute atomic E-state index is 0.0982. The van der Waals surface area contributed by atoms with E-state index in [0.717, 1.165) is 17.1 Å². The molecule has 1 fully saturated rings. The van der Waals surface area contributed by atoms with Gasteiger partial charge in [-0.25, -0.2) is 9.18 Å². The molecular weight excluding hydrogens is 658 g/mol. The minimum atomic E-state index is -2.56. The van der Waals surface area contributed by atoms with Crippen LogP contribution in [0.15, 0.2) is 16.4 Å². The number of carbonyl (C=O) groups excluding carboxylic acids is 3. The third-order valence-electron chi connectivity index (χ3n) is 5.05.